The Bertz CT molecular complexity index is 559. The van der Waals surface area contributed by atoms with Crippen LogP contribution in [0.3, 0.4) is 0 Å². The quantitative estimate of drug-likeness (QED) is 0.283. The van der Waals surface area contributed by atoms with E-state index in [2.05, 4.69) is 6.92 Å². The van der Waals surface area contributed by atoms with Gasteiger partial charge in [0.05, 0.1) is 6.61 Å². The maximum Gasteiger partial charge on any atom is 0.453 e. The summed E-state index contributed by atoms with van der Waals surface area (Å²) in [4.78, 5) is 0. The Kier molecular flexibility index (Phi) is 8.56. The fourth-order valence-electron chi connectivity index (χ4n) is 3.93. The zero-order valence-electron chi connectivity index (χ0n) is 16.5. The number of rotatable bonds is 10. The minimum absolute atomic E-state index is 0.0351. The van der Waals surface area contributed by atoms with Gasteiger partial charge in [-0.3, -0.25) is 0 Å². The van der Waals surface area contributed by atoms with E-state index in [1.807, 2.05) is 24.3 Å². The van der Waals surface area contributed by atoms with Crippen LogP contribution in [0.2, 0.25) is 0 Å². The third kappa shape index (κ3) is 6.35. The summed E-state index contributed by atoms with van der Waals surface area (Å²) in [7, 11) is 0. The Hall–Kier alpha value is -1.33. The molecule has 0 heterocycles. The second-order valence-electron chi connectivity index (χ2n) is 7.85. The van der Waals surface area contributed by atoms with Crippen LogP contribution in [0.4, 0.5) is 22.0 Å². The van der Waals surface area contributed by atoms with Crippen molar-refractivity contribution >= 4 is 0 Å². The van der Waals surface area contributed by atoms with Gasteiger partial charge in [0, 0.05) is 5.92 Å². The van der Waals surface area contributed by atoms with Crippen molar-refractivity contribution in [1.29, 1.82) is 0 Å². The molecule has 1 nitrogen and oxygen atoms in total. The average Bonchev–Trinajstić information content (AvgIpc) is 2.67. The third-order valence-corrected chi connectivity index (χ3v) is 5.74. The van der Waals surface area contributed by atoms with Crippen LogP contribution in [0.25, 0.3) is 0 Å². The van der Waals surface area contributed by atoms with Crippen molar-refractivity contribution in [2.45, 2.75) is 89.1 Å². The van der Waals surface area contributed by atoms with E-state index in [4.69, 9.17) is 4.74 Å². The SMILES string of the molecule is CCCCCCCCOc1ccc(C2CCC(C(F)(F)C(F)(F)F)CC2)cc1. The van der Waals surface area contributed by atoms with Gasteiger partial charge in [-0.2, -0.15) is 22.0 Å². The van der Waals surface area contributed by atoms with Crippen molar-refractivity contribution in [3.05, 3.63) is 29.8 Å². The van der Waals surface area contributed by atoms with Crippen LogP contribution >= 0.6 is 0 Å². The van der Waals surface area contributed by atoms with Crippen molar-refractivity contribution in [1.82, 2.24) is 0 Å². The lowest BCUT2D eigenvalue weighted by atomic mass is 9.76. The van der Waals surface area contributed by atoms with Gasteiger partial charge in [0.2, 0.25) is 0 Å². The van der Waals surface area contributed by atoms with Gasteiger partial charge in [0.25, 0.3) is 0 Å². The van der Waals surface area contributed by atoms with Gasteiger partial charge in [0.15, 0.2) is 0 Å². The molecule has 1 aliphatic carbocycles. The van der Waals surface area contributed by atoms with Crippen LogP contribution in [0, 0.1) is 5.92 Å². The topological polar surface area (TPSA) is 9.23 Å². The van der Waals surface area contributed by atoms with E-state index in [-0.39, 0.29) is 18.8 Å². The first-order valence-corrected chi connectivity index (χ1v) is 10.4. The van der Waals surface area contributed by atoms with E-state index in [0.717, 1.165) is 24.2 Å². The highest BCUT2D eigenvalue weighted by Crippen LogP contribution is 2.49. The van der Waals surface area contributed by atoms with Crippen LogP contribution in [-0.2, 0) is 0 Å². The molecule has 2 rings (SSSR count). The molecule has 1 saturated carbocycles. The number of hydrogen-bond donors (Lipinski definition) is 0. The molecule has 1 fully saturated rings. The summed E-state index contributed by atoms with van der Waals surface area (Å²) in [6, 6.07) is 7.54. The lowest BCUT2D eigenvalue weighted by molar-refractivity contribution is -0.305. The van der Waals surface area contributed by atoms with Crippen molar-refractivity contribution in [2.24, 2.45) is 5.92 Å². The van der Waals surface area contributed by atoms with Gasteiger partial charge in [-0.1, -0.05) is 51.2 Å². The van der Waals surface area contributed by atoms with E-state index >= 15 is 0 Å². The molecule has 0 amide bonds. The predicted octanol–water partition coefficient (Wildman–Crippen LogP) is 7.90. The lowest BCUT2D eigenvalue weighted by Gasteiger charge is -2.34. The molecule has 0 radical (unpaired) electrons. The number of benzene rings is 1. The third-order valence-electron chi connectivity index (χ3n) is 5.74. The molecule has 0 aliphatic heterocycles. The van der Waals surface area contributed by atoms with Crippen molar-refractivity contribution in [3.63, 3.8) is 0 Å². The van der Waals surface area contributed by atoms with Crippen LogP contribution in [0.1, 0.15) is 82.6 Å². The maximum absolute atomic E-state index is 13.5. The Morgan fingerprint density at radius 2 is 1.39 bits per heavy atom. The normalized spacial score (nSPS) is 20.9. The summed E-state index contributed by atoms with van der Waals surface area (Å²) in [5, 5.41) is 0. The summed E-state index contributed by atoms with van der Waals surface area (Å²) in [5.74, 6) is -5.39. The monoisotopic (exact) mass is 406 g/mol. The average molecular weight is 406 g/mol. The molecule has 0 spiro atoms. The molecular weight excluding hydrogens is 375 g/mol. The van der Waals surface area contributed by atoms with Crippen LogP contribution in [0.5, 0.6) is 5.75 Å². The molecule has 1 aromatic rings. The summed E-state index contributed by atoms with van der Waals surface area (Å²) in [5.41, 5.74) is 0.987. The van der Waals surface area contributed by atoms with E-state index in [1.54, 1.807) is 0 Å². The largest absolute Gasteiger partial charge is 0.494 e. The van der Waals surface area contributed by atoms with Crippen molar-refractivity contribution in [3.8, 4) is 5.75 Å². The van der Waals surface area contributed by atoms with Gasteiger partial charge in [-0.15, -0.1) is 0 Å². The van der Waals surface area contributed by atoms with Gasteiger partial charge < -0.3 is 4.74 Å². The highest BCUT2D eigenvalue weighted by Gasteiger charge is 2.62. The van der Waals surface area contributed by atoms with Gasteiger partial charge in [-0.25, -0.2) is 0 Å². The number of alkyl halides is 5. The lowest BCUT2D eigenvalue weighted by Crippen LogP contribution is -2.44. The minimum Gasteiger partial charge on any atom is -0.494 e. The van der Waals surface area contributed by atoms with Crippen molar-refractivity contribution < 1.29 is 26.7 Å². The van der Waals surface area contributed by atoms with Crippen LogP contribution in [-0.4, -0.2) is 18.7 Å². The van der Waals surface area contributed by atoms with Gasteiger partial charge in [-0.05, 0) is 55.7 Å². The molecule has 1 aromatic carbocycles. The second kappa shape index (κ2) is 10.4. The fraction of sp³-hybridized carbons (Fsp3) is 0.727. The van der Waals surface area contributed by atoms with Crippen LogP contribution in [0.15, 0.2) is 24.3 Å². The number of ether oxygens (including phenoxy) is 1. The first-order valence-electron chi connectivity index (χ1n) is 10.4. The Balaban J connectivity index is 1.74. The molecule has 0 unspecified atom stereocenters. The molecule has 6 heteroatoms. The molecule has 0 aromatic heterocycles. The molecule has 160 valence electrons. The zero-order chi connectivity index (χ0) is 20.6. The first kappa shape index (κ1) is 23.0. The summed E-state index contributed by atoms with van der Waals surface area (Å²) in [6.45, 7) is 2.86. The predicted molar refractivity (Wildman–Crippen MR) is 101 cm³/mol. The first-order chi connectivity index (χ1) is 13.3. The van der Waals surface area contributed by atoms with E-state index < -0.39 is 18.0 Å². The fourth-order valence-corrected chi connectivity index (χ4v) is 3.93. The highest BCUT2D eigenvalue weighted by molar-refractivity contribution is 5.29. The minimum atomic E-state index is -5.46. The molecule has 0 bridgehead atoms. The Labute approximate surface area is 164 Å². The van der Waals surface area contributed by atoms with E-state index in [9.17, 15) is 22.0 Å². The molecule has 0 N–H and O–H groups in total. The molecule has 0 saturated heterocycles. The van der Waals surface area contributed by atoms with Crippen LogP contribution < -0.4 is 4.74 Å². The Morgan fingerprint density at radius 3 is 1.96 bits per heavy atom. The molecule has 0 atom stereocenters. The van der Waals surface area contributed by atoms with Gasteiger partial charge in [0.1, 0.15) is 5.75 Å². The molecule has 1 aliphatic rings. The summed E-state index contributed by atoms with van der Waals surface area (Å²) < 4.78 is 70.3. The number of hydrogen-bond acceptors (Lipinski definition) is 1. The standard InChI is InChI=1S/C22H31F5O/c1-2-3-4-5-6-7-16-28-20-14-10-18(11-15-20)17-8-12-19(13-9-17)21(23,24)22(25,26)27/h10-11,14-15,17,19H,2-9,12-13,16H2,1H3. The summed E-state index contributed by atoms with van der Waals surface area (Å²) >= 11 is 0. The summed E-state index contributed by atoms with van der Waals surface area (Å²) in [6.07, 6.45) is 2.22. The van der Waals surface area contributed by atoms with Gasteiger partial charge >= 0.3 is 12.1 Å². The smallest absolute Gasteiger partial charge is 0.453 e. The molecular formula is C22H31F5O. The zero-order valence-corrected chi connectivity index (χ0v) is 16.5. The molecule has 28 heavy (non-hydrogen) atoms. The van der Waals surface area contributed by atoms with E-state index in [0.29, 0.717) is 19.4 Å². The highest BCUT2D eigenvalue weighted by atomic mass is 19.4. The Morgan fingerprint density at radius 1 is 0.821 bits per heavy atom. The number of unbranched alkanes of at least 4 members (excludes halogenated alkanes) is 5. The van der Waals surface area contributed by atoms with Crippen molar-refractivity contribution in [2.75, 3.05) is 6.61 Å². The second-order valence-corrected chi connectivity index (χ2v) is 7.85. The number of halogens is 5. The van der Waals surface area contributed by atoms with E-state index in [1.165, 1.54) is 25.7 Å². The maximum atomic E-state index is 13.5.